The first-order valence-corrected chi connectivity index (χ1v) is 8.27. The van der Waals surface area contributed by atoms with Gasteiger partial charge in [0.25, 0.3) is 0 Å². The molecular formula is C16H19N3O2S. The van der Waals surface area contributed by atoms with Gasteiger partial charge in [-0.25, -0.2) is 4.98 Å². The Balaban J connectivity index is 1.54. The standard InChI is InChI=1S/C16H19N3O2S/c17-12-5-3-11(4-6-12)16-19-13(10-22-16)8-15(20)18-9-14-2-1-7-21-14/h3-6,10,14H,1-2,7-9,17H2,(H,18,20). The number of rotatable bonds is 5. The number of hydrogen-bond acceptors (Lipinski definition) is 5. The van der Waals surface area contributed by atoms with E-state index in [1.807, 2.05) is 29.6 Å². The summed E-state index contributed by atoms with van der Waals surface area (Å²) in [5.74, 6) is -0.00958. The fourth-order valence-electron chi connectivity index (χ4n) is 2.41. The van der Waals surface area contributed by atoms with Gasteiger partial charge in [0.1, 0.15) is 5.01 Å². The molecule has 3 N–H and O–H groups in total. The quantitative estimate of drug-likeness (QED) is 0.829. The highest BCUT2D eigenvalue weighted by Gasteiger charge is 2.16. The van der Waals surface area contributed by atoms with Crippen molar-refractivity contribution in [2.75, 3.05) is 18.9 Å². The van der Waals surface area contributed by atoms with Gasteiger partial charge in [-0.3, -0.25) is 4.79 Å². The summed E-state index contributed by atoms with van der Waals surface area (Å²) in [5.41, 5.74) is 8.22. The molecule has 2 aromatic rings. The van der Waals surface area contributed by atoms with Gasteiger partial charge >= 0.3 is 0 Å². The molecule has 1 aliphatic rings. The number of benzene rings is 1. The Morgan fingerprint density at radius 1 is 1.41 bits per heavy atom. The minimum absolute atomic E-state index is 0.00958. The molecule has 116 valence electrons. The molecule has 1 aromatic heterocycles. The van der Waals surface area contributed by atoms with Crippen molar-refractivity contribution in [1.82, 2.24) is 10.3 Å². The topological polar surface area (TPSA) is 77.2 Å². The van der Waals surface area contributed by atoms with Crippen molar-refractivity contribution in [2.24, 2.45) is 0 Å². The first-order chi connectivity index (χ1) is 10.7. The fourth-order valence-corrected chi connectivity index (χ4v) is 3.23. The monoisotopic (exact) mass is 317 g/mol. The average molecular weight is 317 g/mol. The van der Waals surface area contributed by atoms with Crippen LogP contribution in [0.2, 0.25) is 0 Å². The summed E-state index contributed by atoms with van der Waals surface area (Å²) in [7, 11) is 0. The second kappa shape index (κ2) is 6.89. The molecule has 22 heavy (non-hydrogen) atoms. The van der Waals surface area contributed by atoms with Gasteiger partial charge in [-0.2, -0.15) is 0 Å². The van der Waals surface area contributed by atoms with E-state index in [4.69, 9.17) is 10.5 Å². The zero-order valence-electron chi connectivity index (χ0n) is 12.2. The summed E-state index contributed by atoms with van der Waals surface area (Å²) in [6.45, 7) is 1.39. The number of carbonyl (C=O) groups is 1. The smallest absolute Gasteiger partial charge is 0.226 e. The lowest BCUT2D eigenvalue weighted by atomic mass is 10.2. The summed E-state index contributed by atoms with van der Waals surface area (Å²) in [4.78, 5) is 16.5. The minimum atomic E-state index is -0.00958. The van der Waals surface area contributed by atoms with E-state index in [0.717, 1.165) is 41.4 Å². The molecular weight excluding hydrogens is 298 g/mol. The van der Waals surface area contributed by atoms with E-state index in [-0.39, 0.29) is 12.0 Å². The summed E-state index contributed by atoms with van der Waals surface area (Å²) in [6.07, 6.45) is 2.58. The van der Waals surface area contributed by atoms with Crippen LogP contribution in [0.3, 0.4) is 0 Å². The minimum Gasteiger partial charge on any atom is -0.399 e. The van der Waals surface area contributed by atoms with Gasteiger partial charge in [-0.05, 0) is 37.1 Å². The molecule has 1 amide bonds. The third kappa shape index (κ3) is 3.84. The number of amides is 1. The average Bonchev–Trinajstić information content (AvgIpc) is 3.17. The zero-order chi connectivity index (χ0) is 15.4. The van der Waals surface area contributed by atoms with Gasteiger partial charge in [-0.15, -0.1) is 11.3 Å². The summed E-state index contributed by atoms with van der Waals surface area (Å²) < 4.78 is 5.49. The Bertz CT molecular complexity index is 633. The molecule has 0 saturated carbocycles. The Morgan fingerprint density at radius 2 is 2.23 bits per heavy atom. The SMILES string of the molecule is Nc1ccc(-c2nc(CC(=O)NCC3CCCO3)cs2)cc1. The van der Waals surface area contributed by atoms with Crippen molar-refractivity contribution in [3.8, 4) is 10.6 Å². The van der Waals surface area contributed by atoms with Gasteiger partial charge in [-0.1, -0.05) is 0 Å². The predicted octanol–water partition coefficient (Wildman–Crippen LogP) is 2.23. The van der Waals surface area contributed by atoms with Crippen molar-refractivity contribution in [3.63, 3.8) is 0 Å². The highest BCUT2D eigenvalue weighted by atomic mass is 32.1. The van der Waals surface area contributed by atoms with E-state index >= 15 is 0 Å². The number of ether oxygens (including phenoxy) is 1. The number of nitrogens with zero attached hydrogens (tertiary/aromatic N) is 1. The van der Waals surface area contributed by atoms with E-state index in [1.54, 1.807) is 0 Å². The maximum Gasteiger partial charge on any atom is 0.226 e. The zero-order valence-corrected chi connectivity index (χ0v) is 13.1. The summed E-state index contributed by atoms with van der Waals surface area (Å²) in [6, 6.07) is 7.58. The van der Waals surface area contributed by atoms with Crippen LogP contribution in [0.15, 0.2) is 29.6 Å². The van der Waals surface area contributed by atoms with Crippen molar-refractivity contribution in [1.29, 1.82) is 0 Å². The van der Waals surface area contributed by atoms with Gasteiger partial charge in [0.15, 0.2) is 0 Å². The Kier molecular flexibility index (Phi) is 4.70. The Morgan fingerprint density at radius 3 is 2.95 bits per heavy atom. The number of nitrogen functional groups attached to an aromatic ring is 1. The maximum atomic E-state index is 11.9. The second-order valence-electron chi connectivity index (χ2n) is 5.38. The van der Waals surface area contributed by atoms with Gasteiger partial charge < -0.3 is 15.8 Å². The molecule has 0 bridgehead atoms. The molecule has 6 heteroatoms. The third-order valence-electron chi connectivity index (χ3n) is 3.60. The molecule has 1 aliphatic heterocycles. The lowest BCUT2D eigenvalue weighted by Crippen LogP contribution is -2.32. The lowest BCUT2D eigenvalue weighted by molar-refractivity contribution is -0.121. The van der Waals surface area contributed by atoms with Crippen LogP contribution in [0.5, 0.6) is 0 Å². The van der Waals surface area contributed by atoms with E-state index in [2.05, 4.69) is 10.3 Å². The van der Waals surface area contributed by atoms with Crippen LogP contribution in [0, 0.1) is 0 Å². The summed E-state index contributed by atoms with van der Waals surface area (Å²) in [5, 5.41) is 5.75. The number of carbonyl (C=O) groups excluding carboxylic acids is 1. The largest absolute Gasteiger partial charge is 0.399 e. The Hall–Kier alpha value is -1.92. The normalized spacial score (nSPS) is 17.5. The first kappa shape index (κ1) is 15.0. The second-order valence-corrected chi connectivity index (χ2v) is 6.24. The summed E-state index contributed by atoms with van der Waals surface area (Å²) >= 11 is 1.54. The van der Waals surface area contributed by atoms with E-state index in [1.165, 1.54) is 11.3 Å². The van der Waals surface area contributed by atoms with E-state index in [0.29, 0.717) is 13.0 Å². The fraction of sp³-hybridized carbons (Fsp3) is 0.375. The molecule has 1 fully saturated rings. The molecule has 0 aliphatic carbocycles. The third-order valence-corrected chi connectivity index (χ3v) is 4.54. The van der Waals surface area contributed by atoms with Crippen LogP contribution in [0.4, 0.5) is 5.69 Å². The van der Waals surface area contributed by atoms with Crippen LogP contribution < -0.4 is 11.1 Å². The van der Waals surface area contributed by atoms with Crippen molar-refractivity contribution < 1.29 is 9.53 Å². The highest BCUT2D eigenvalue weighted by Crippen LogP contribution is 2.24. The van der Waals surface area contributed by atoms with Gasteiger partial charge in [0.05, 0.1) is 18.2 Å². The van der Waals surface area contributed by atoms with Gasteiger partial charge in [0, 0.05) is 29.8 Å². The Labute approximate surface area is 133 Å². The maximum absolute atomic E-state index is 11.9. The van der Waals surface area contributed by atoms with Crippen LogP contribution in [-0.2, 0) is 16.0 Å². The van der Waals surface area contributed by atoms with Crippen molar-refractivity contribution in [2.45, 2.75) is 25.4 Å². The van der Waals surface area contributed by atoms with Crippen molar-refractivity contribution in [3.05, 3.63) is 35.3 Å². The first-order valence-electron chi connectivity index (χ1n) is 7.39. The number of hydrogen-bond donors (Lipinski definition) is 2. The van der Waals surface area contributed by atoms with Crippen LogP contribution >= 0.6 is 11.3 Å². The molecule has 1 aromatic carbocycles. The molecule has 1 atom stereocenters. The van der Waals surface area contributed by atoms with Crippen LogP contribution in [0.1, 0.15) is 18.5 Å². The number of nitrogens with one attached hydrogen (secondary N) is 1. The predicted molar refractivity (Wildman–Crippen MR) is 87.7 cm³/mol. The molecule has 5 nitrogen and oxygen atoms in total. The van der Waals surface area contributed by atoms with Crippen LogP contribution in [0.25, 0.3) is 10.6 Å². The molecule has 1 unspecified atom stereocenters. The molecule has 1 saturated heterocycles. The molecule has 3 rings (SSSR count). The number of aromatic nitrogens is 1. The molecule has 0 radical (unpaired) electrons. The number of nitrogens with two attached hydrogens (primary N) is 1. The number of thiazole rings is 1. The van der Waals surface area contributed by atoms with Gasteiger partial charge in [0.2, 0.25) is 5.91 Å². The molecule has 2 heterocycles. The van der Waals surface area contributed by atoms with E-state index in [9.17, 15) is 4.79 Å². The highest BCUT2D eigenvalue weighted by molar-refractivity contribution is 7.13. The van der Waals surface area contributed by atoms with Crippen LogP contribution in [-0.4, -0.2) is 30.1 Å². The number of anilines is 1. The van der Waals surface area contributed by atoms with Crippen molar-refractivity contribution >= 4 is 22.9 Å². The molecule has 0 spiro atoms. The van der Waals surface area contributed by atoms with E-state index < -0.39 is 0 Å². The lowest BCUT2D eigenvalue weighted by Gasteiger charge is -2.09.